The highest BCUT2D eigenvalue weighted by atomic mass is 16.4. The summed E-state index contributed by atoms with van der Waals surface area (Å²) in [6, 6.07) is 0. The van der Waals surface area contributed by atoms with Crippen molar-refractivity contribution in [3.05, 3.63) is 17.3 Å². The molecule has 0 spiro atoms. The predicted molar refractivity (Wildman–Crippen MR) is 52.7 cm³/mol. The van der Waals surface area contributed by atoms with Gasteiger partial charge in [-0.2, -0.15) is 0 Å². The Kier molecular flexibility index (Phi) is 2.76. The highest BCUT2D eigenvalue weighted by Crippen LogP contribution is 2.25. The van der Waals surface area contributed by atoms with Crippen molar-refractivity contribution >= 4 is 0 Å². The molecule has 3 nitrogen and oxygen atoms in total. The summed E-state index contributed by atoms with van der Waals surface area (Å²) in [5.41, 5.74) is 6.52. The van der Waals surface area contributed by atoms with Crippen molar-refractivity contribution in [1.29, 1.82) is 0 Å². The monoisotopic (exact) mass is 182 g/mol. The summed E-state index contributed by atoms with van der Waals surface area (Å²) >= 11 is 0. The molecule has 3 heteroatoms. The number of nitrogens with zero attached hydrogens (tertiary/aromatic N) is 1. The molecule has 0 saturated carbocycles. The highest BCUT2D eigenvalue weighted by molar-refractivity contribution is 5.17. The van der Waals surface area contributed by atoms with Crippen molar-refractivity contribution in [2.45, 2.75) is 39.5 Å². The first-order chi connectivity index (χ1) is 5.95. The Hall–Kier alpha value is -0.830. The van der Waals surface area contributed by atoms with Gasteiger partial charge in [0.25, 0.3) is 0 Å². The Morgan fingerprint density at radius 2 is 2.00 bits per heavy atom. The third kappa shape index (κ3) is 2.31. The van der Waals surface area contributed by atoms with Crippen LogP contribution in [0.3, 0.4) is 0 Å². The zero-order chi connectivity index (χ0) is 10.1. The number of hydrogen-bond acceptors (Lipinski definition) is 3. The number of aryl methyl sites for hydroxylation is 1. The van der Waals surface area contributed by atoms with Gasteiger partial charge in [0.15, 0.2) is 5.89 Å². The van der Waals surface area contributed by atoms with Gasteiger partial charge >= 0.3 is 0 Å². The summed E-state index contributed by atoms with van der Waals surface area (Å²) in [4.78, 5) is 4.42. The standard InChI is InChI=1S/C10H18N2O/c1-7-9(10(2,3)4)12-8(13-7)5-6-11/h5-6,11H2,1-4H3. The minimum absolute atomic E-state index is 0.0560. The smallest absolute Gasteiger partial charge is 0.195 e. The minimum Gasteiger partial charge on any atom is -0.446 e. The fourth-order valence-corrected chi connectivity index (χ4v) is 1.38. The lowest BCUT2D eigenvalue weighted by atomic mass is 9.91. The van der Waals surface area contributed by atoms with Gasteiger partial charge in [-0.1, -0.05) is 20.8 Å². The molecule has 2 N–H and O–H groups in total. The van der Waals surface area contributed by atoms with Crippen LogP contribution in [0.2, 0.25) is 0 Å². The predicted octanol–water partition coefficient (Wildman–Crippen LogP) is 1.78. The normalized spacial score (nSPS) is 12.1. The minimum atomic E-state index is 0.0560. The number of rotatable bonds is 2. The zero-order valence-electron chi connectivity index (χ0n) is 8.85. The quantitative estimate of drug-likeness (QED) is 0.758. The summed E-state index contributed by atoms with van der Waals surface area (Å²) < 4.78 is 5.49. The molecule has 0 radical (unpaired) electrons. The molecule has 0 aliphatic carbocycles. The number of hydrogen-bond donors (Lipinski definition) is 1. The maximum atomic E-state index is 5.49. The number of nitrogens with two attached hydrogens (primary N) is 1. The van der Waals surface area contributed by atoms with E-state index >= 15 is 0 Å². The molecule has 0 atom stereocenters. The van der Waals surface area contributed by atoms with E-state index in [4.69, 9.17) is 10.2 Å². The number of aromatic nitrogens is 1. The van der Waals surface area contributed by atoms with Crippen LogP contribution in [0.1, 0.15) is 38.1 Å². The van der Waals surface area contributed by atoms with Gasteiger partial charge in [-0.05, 0) is 6.92 Å². The van der Waals surface area contributed by atoms with Gasteiger partial charge in [0, 0.05) is 18.4 Å². The average Bonchev–Trinajstić information content (AvgIpc) is 2.30. The van der Waals surface area contributed by atoms with E-state index in [2.05, 4.69) is 25.8 Å². The second-order valence-corrected chi connectivity index (χ2v) is 4.30. The van der Waals surface area contributed by atoms with E-state index in [1.54, 1.807) is 0 Å². The van der Waals surface area contributed by atoms with Gasteiger partial charge in [0.1, 0.15) is 5.76 Å². The van der Waals surface area contributed by atoms with Gasteiger partial charge in [-0.15, -0.1) is 0 Å². The van der Waals surface area contributed by atoms with Gasteiger partial charge in [-0.3, -0.25) is 0 Å². The molecule has 1 aromatic heterocycles. The van der Waals surface area contributed by atoms with Gasteiger partial charge in [0.2, 0.25) is 0 Å². The van der Waals surface area contributed by atoms with Crippen LogP contribution in [0.25, 0.3) is 0 Å². The van der Waals surface area contributed by atoms with Crippen LogP contribution in [0.15, 0.2) is 4.42 Å². The molecule has 74 valence electrons. The molecule has 0 aliphatic heterocycles. The van der Waals surface area contributed by atoms with Crippen LogP contribution in [-0.4, -0.2) is 11.5 Å². The van der Waals surface area contributed by atoms with Crippen LogP contribution in [0, 0.1) is 6.92 Å². The molecule has 0 aliphatic rings. The van der Waals surface area contributed by atoms with Crippen LogP contribution in [0.5, 0.6) is 0 Å². The topological polar surface area (TPSA) is 52.0 Å². The van der Waals surface area contributed by atoms with Crippen LogP contribution in [-0.2, 0) is 11.8 Å². The highest BCUT2D eigenvalue weighted by Gasteiger charge is 2.21. The lowest BCUT2D eigenvalue weighted by Gasteiger charge is -2.14. The van der Waals surface area contributed by atoms with Crippen molar-refractivity contribution < 1.29 is 4.42 Å². The lowest BCUT2D eigenvalue weighted by Crippen LogP contribution is -2.13. The van der Waals surface area contributed by atoms with E-state index in [0.717, 1.165) is 23.8 Å². The first-order valence-corrected chi connectivity index (χ1v) is 4.62. The molecule has 0 fully saturated rings. The molecule has 0 saturated heterocycles. The van der Waals surface area contributed by atoms with Gasteiger partial charge in [0.05, 0.1) is 5.69 Å². The van der Waals surface area contributed by atoms with E-state index in [0.29, 0.717) is 6.54 Å². The van der Waals surface area contributed by atoms with Crippen LogP contribution in [0.4, 0.5) is 0 Å². The molecule has 1 aromatic rings. The molecule has 0 bridgehead atoms. The van der Waals surface area contributed by atoms with Crippen molar-refractivity contribution in [1.82, 2.24) is 4.98 Å². The summed E-state index contributed by atoms with van der Waals surface area (Å²) in [6.07, 6.45) is 0.719. The Labute approximate surface area is 79.3 Å². The maximum absolute atomic E-state index is 5.49. The molecular formula is C10H18N2O. The molecule has 1 heterocycles. The fraction of sp³-hybridized carbons (Fsp3) is 0.700. The summed E-state index contributed by atoms with van der Waals surface area (Å²) in [5.74, 6) is 1.67. The van der Waals surface area contributed by atoms with Crippen molar-refractivity contribution in [3.63, 3.8) is 0 Å². The van der Waals surface area contributed by atoms with Gasteiger partial charge in [-0.25, -0.2) is 4.98 Å². The Morgan fingerprint density at radius 3 is 2.38 bits per heavy atom. The molecule has 0 amide bonds. The largest absolute Gasteiger partial charge is 0.446 e. The van der Waals surface area contributed by atoms with E-state index in [9.17, 15) is 0 Å². The third-order valence-corrected chi connectivity index (χ3v) is 1.91. The Morgan fingerprint density at radius 1 is 1.38 bits per heavy atom. The van der Waals surface area contributed by atoms with Gasteiger partial charge < -0.3 is 10.2 Å². The summed E-state index contributed by atoms with van der Waals surface area (Å²) in [6.45, 7) is 8.93. The van der Waals surface area contributed by atoms with Crippen molar-refractivity contribution in [2.24, 2.45) is 5.73 Å². The van der Waals surface area contributed by atoms with Crippen molar-refractivity contribution in [3.8, 4) is 0 Å². The Bertz CT molecular complexity index is 284. The molecular weight excluding hydrogens is 164 g/mol. The second-order valence-electron chi connectivity index (χ2n) is 4.30. The van der Waals surface area contributed by atoms with Crippen LogP contribution < -0.4 is 5.73 Å². The number of oxazole rings is 1. The average molecular weight is 182 g/mol. The maximum Gasteiger partial charge on any atom is 0.195 e. The van der Waals surface area contributed by atoms with Crippen LogP contribution >= 0.6 is 0 Å². The second kappa shape index (κ2) is 3.50. The molecule has 0 unspecified atom stereocenters. The first-order valence-electron chi connectivity index (χ1n) is 4.62. The third-order valence-electron chi connectivity index (χ3n) is 1.91. The van der Waals surface area contributed by atoms with E-state index in [-0.39, 0.29) is 5.41 Å². The zero-order valence-corrected chi connectivity index (χ0v) is 8.85. The first kappa shape index (κ1) is 10.3. The Balaban J connectivity index is 2.96. The van der Waals surface area contributed by atoms with Crippen molar-refractivity contribution in [2.75, 3.05) is 6.54 Å². The lowest BCUT2D eigenvalue weighted by molar-refractivity contribution is 0.466. The molecule has 1 rings (SSSR count). The molecule has 0 aromatic carbocycles. The fourth-order valence-electron chi connectivity index (χ4n) is 1.38. The summed E-state index contributed by atoms with van der Waals surface area (Å²) in [7, 11) is 0. The van der Waals surface area contributed by atoms with E-state index in [1.807, 2.05) is 6.92 Å². The van der Waals surface area contributed by atoms with E-state index in [1.165, 1.54) is 0 Å². The SMILES string of the molecule is Cc1oc(CCN)nc1C(C)(C)C. The summed E-state index contributed by atoms with van der Waals surface area (Å²) in [5, 5.41) is 0. The van der Waals surface area contributed by atoms with E-state index < -0.39 is 0 Å². The molecule has 13 heavy (non-hydrogen) atoms.